The summed E-state index contributed by atoms with van der Waals surface area (Å²) in [6, 6.07) is 11.2. The van der Waals surface area contributed by atoms with Crippen molar-refractivity contribution in [2.45, 2.75) is 25.2 Å². The molecule has 2 aromatic rings. The number of alkyl halides is 3. The highest BCUT2D eigenvalue weighted by atomic mass is 127. The predicted octanol–water partition coefficient (Wildman–Crippen LogP) is 3.59. The molecule has 2 N–H and O–H groups in total. The van der Waals surface area contributed by atoms with E-state index in [2.05, 4.69) is 30.2 Å². The van der Waals surface area contributed by atoms with E-state index in [-0.39, 0.29) is 35.9 Å². The molecule has 1 unspecified atom stereocenters. The molecule has 0 spiro atoms. The predicted molar refractivity (Wildman–Crippen MR) is 128 cm³/mol. The third kappa shape index (κ3) is 7.61. The number of hydrogen-bond donors (Lipinski definition) is 2. The second-order valence-corrected chi connectivity index (χ2v) is 7.08. The van der Waals surface area contributed by atoms with Gasteiger partial charge in [0.1, 0.15) is 5.75 Å². The molecular formula is C21H27F3IN5O2. The van der Waals surface area contributed by atoms with Crippen molar-refractivity contribution in [1.82, 2.24) is 15.6 Å². The number of aromatic nitrogens is 1. The van der Waals surface area contributed by atoms with E-state index in [1.165, 1.54) is 12.3 Å². The molecule has 1 saturated heterocycles. The summed E-state index contributed by atoms with van der Waals surface area (Å²) in [5.41, 5.74) is 1.86. The Balaban J connectivity index is 0.00000363. The molecule has 1 aromatic carbocycles. The Morgan fingerprint density at radius 2 is 2.03 bits per heavy atom. The normalized spacial score (nSPS) is 16.3. The van der Waals surface area contributed by atoms with Gasteiger partial charge in [-0.25, -0.2) is 4.98 Å². The van der Waals surface area contributed by atoms with Crippen LogP contribution in [0, 0.1) is 0 Å². The molecule has 176 valence electrons. The number of nitrogens with zero attached hydrogens (tertiary/aromatic N) is 3. The lowest BCUT2D eigenvalue weighted by atomic mass is 10.2. The number of pyridine rings is 1. The summed E-state index contributed by atoms with van der Waals surface area (Å²) in [6.45, 7) is 0.781. The molecule has 32 heavy (non-hydrogen) atoms. The molecule has 11 heteroatoms. The molecule has 1 aliphatic rings. The summed E-state index contributed by atoms with van der Waals surface area (Å²) in [4.78, 5) is 10.4. The highest BCUT2D eigenvalue weighted by Gasteiger charge is 2.28. The van der Waals surface area contributed by atoms with Crippen molar-refractivity contribution in [3.63, 3.8) is 0 Å². The Hall–Kier alpha value is -2.44. The number of benzene rings is 1. The summed E-state index contributed by atoms with van der Waals surface area (Å²) in [5, 5.41) is 6.61. The number of aliphatic imine (C=N–C) groups is 1. The SMILES string of the molecule is CN=C(NCc1ccc(OCC(F)(F)F)nc1)NC1CCN(c2ccccc2OC)C1.I. The zero-order chi connectivity index (χ0) is 22.3. The topological polar surface area (TPSA) is 71.0 Å². The maximum absolute atomic E-state index is 12.2. The van der Waals surface area contributed by atoms with E-state index < -0.39 is 12.8 Å². The van der Waals surface area contributed by atoms with Gasteiger partial charge < -0.3 is 25.0 Å². The maximum atomic E-state index is 12.2. The number of methoxy groups -OCH3 is 1. The van der Waals surface area contributed by atoms with E-state index in [4.69, 9.17) is 4.74 Å². The van der Waals surface area contributed by atoms with Crippen LogP contribution in [-0.4, -0.2) is 57.0 Å². The second-order valence-electron chi connectivity index (χ2n) is 7.08. The number of nitrogens with one attached hydrogen (secondary N) is 2. The van der Waals surface area contributed by atoms with Crippen LogP contribution in [0.3, 0.4) is 0 Å². The minimum absolute atomic E-state index is 0. The third-order valence-electron chi connectivity index (χ3n) is 4.82. The summed E-state index contributed by atoms with van der Waals surface area (Å²) in [5.74, 6) is 1.43. The first-order valence-corrected chi connectivity index (χ1v) is 9.87. The van der Waals surface area contributed by atoms with E-state index in [0.29, 0.717) is 12.5 Å². The van der Waals surface area contributed by atoms with Crippen LogP contribution in [-0.2, 0) is 6.54 Å². The summed E-state index contributed by atoms with van der Waals surface area (Å²) in [6.07, 6.45) is -1.96. The highest BCUT2D eigenvalue weighted by Crippen LogP contribution is 2.30. The number of ether oxygens (including phenoxy) is 2. The zero-order valence-electron chi connectivity index (χ0n) is 17.9. The molecule has 1 aliphatic heterocycles. The van der Waals surface area contributed by atoms with Crippen molar-refractivity contribution in [2.24, 2.45) is 4.99 Å². The fraction of sp³-hybridized carbons (Fsp3) is 0.429. The Kier molecular flexibility index (Phi) is 9.66. The lowest BCUT2D eigenvalue weighted by molar-refractivity contribution is -0.154. The van der Waals surface area contributed by atoms with Crippen molar-refractivity contribution >= 4 is 35.6 Å². The Morgan fingerprint density at radius 3 is 2.69 bits per heavy atom. The van der Waals surface area contributed by atoms with Crippen molar-refractivity contribution in [3.8, 4) is 11.6 Å². The van der Waals surface area contributed by atoms with Crippen LogP contribution >= 0.6 is 24.0 Å². The van der Waals surface area contributed by atoms with E-state index in [0.717, 1.165) is 36.5 Å². The van der Waals surface area contributed by atoms with E-state index in [9.17, 15) is 13.2 Å². The van der Waals surface area contributed by atoms with Crippen LogP contribution in [0.4, 0.5) is 18.9 Å². The lowest BCUT2D eigenvalue weighted by Crippen LogP contribution is -2.44. The molecule has 0 amide bonds. The quantitative estimate of drug-likeness (QED) is 0.304. The molecule has 0 aliphatic carbocycles. The Morgan fingerprint density at radius 1 is 1.25 bits per heavy atom. The molecule has 0 radical (unpaired) electrons. The van der Waals surface area contributed by atoms with Crippen LogP contribution in [0.2, 0.25) is 0 Å². The number of halogens is 4. The molecule has 0 bridgehead atoms. The minimum atomic E-state index is -4.39. The Bertz CT molecular complexity index is 880. The van der Waals surface area contributed by atoms with Crippen LogP contribution in [0.1, 0.15) is 12.0 Å². The number of para-hydroxylation sites is 2. The van der Waals surface area contributed by atoms with Crippen molar-refractivity contribution in [3.05, 3.63) is 48.2 Å². The lowest BCUT2D eigenvalue weighted by Gasteiger charge is -2.22. The van der Waals surface area contributed by atoms with Gasteiger partial charge in [0.05, 0.1) is 12.8 Å². The highest BCUT2D eigenvalue weighted by molar-refractivity contribution is 14.0. The molecule has 0 saturated carbocycles. The fourth-order valence-electron chi connectivity index (χ4n) is 3.32. The third-order valence-corrected chi connectivity index (χ3v) is 4.82. The summed E-state index contributed by atoms with van der Waals surface area (Å²) < 4.78 is 46.7. The summed E-state index contributed by atoms with van der Waals surface area (Å²) in [7, 11) is 3.36. The van der Waals surface area contributed by atoms with Gasteiger partial charge in [-0.2, -0.15) is 13.2 Å². The average Bonchev–Trinajstić information content (AvgIpc) is 3.23. The van der Waals surface area contributed by atoms with Crippen molar-refractivity contribution < 1.29 is 22.6 Å². The van der Waals surface area contributed by atoms with E-state index >= 15 is 0 Å². The first-order valence-electron chi connectivity index (χ1n) is 9.87. The zero-order valence-corrected chi connectivity index (χ0v) is 20.2. The van der Waals surface area contributed by atoms with Crippen LogP contribution in [0.5, 0.6) is 11.6 Å². The van der Waals surface area contributed by atoms with Crippen LogP contribution < -0.4 is 25.0 Å². The van der Waals surface area contributed by atoms with Gasteiger partial charge in [0, 0.05) is 45.0 Å². The first-order chi connectivity index (χ1) is 14.9. The van der Waals surface area contributed by atoms with Gasteiger partial charge in [0.15, 0.2) is 12.6 Å². The van der Waals surface area contributed by atoms with Crippen LogP contribution in [0.15, 0.2) is 47.6 Å². The molecule has 3 rings (SSSR count). The molecule has 2 heterocycles. The van der Waals surface area contributed by atoms with Crippen molar-refractivity contribution in [2.75, 3.05) is 38.8 Å². The Labute approximate surface area is 202 Å². The van der Waals surface area contributed by atoms with Crippen LogP contribution in [0.25, 0.3) is 0 Å². The molecule has 7 nitrogen and oxygen atoms in total. The van der Waals surface area contributed by atoms with Gasteiger partial charge in [0.2, 0.25) is 5.88 Å². The van der Waals surface area contributed by atoms with Gasteiger partial charge in [-0.3, -0.25) is 4.99 Å². The number of guanidine groups is 1. The van der Waals surface area contributed by atoms with E-state index in [1.807, 2.05) is 24.3 Å². The second kappa shape index (κ2) is 12.0. The molecule has 1 fully saturated rings. The van der Waals surface area contributed by atoms with Gasteiger partial charge >= 0.3 is 6.18 Å². The largest absolute Gasteiger partial charge is 0.495 e. The van der Waals surface area contributed by atoms with Gasteiger partial charge in [0.25, 0.3) is 0 Å². The van der Waals surface area contributed by atoms with Gasteiger partial charge in [-0.15, -0.1) is 24.0 Å². The fourth-order valence-corrected chi connectivity index (χ4v) is 3.32. The standard InChI is InChI=1S/C21H26F3N5O2.HI/c1-25-20(27-12-15-7-8-19(26-11-15)31-14-21(22,23)24)28-16-9-10-29(13-16)17-5-3-4-6-18(17)30-2;/h3-8,11,16H,9-10,12-14H2,1-2H3,(H2,25,27,28);1H. The first kappa shape index (κ1) is 25.8. The molecule has 1 atom stereocenters. The van der Waals surface area contributed by atoms with Crippen molar-refractivity contribution in [1.29, 1.82) is 0 Å². The number of anilines is 1. The number of rotatable bonds is 7. The van der Waals surface area contributed by atoms with E-state index in [1.54, 1.807) is 20.2 Å². The summed E-state index contributed by atoms with van der Waals surface area (Å²) >= 11 is 0. The molecule has 1 aromatic heterocycles. The average molecular weight is 565 g/mol. The molecular weight excluding hydrogens is 538 g/mol. The number of hydrogen-bond acceptors (Lipinski definition) is 5. The van der Waals surface area contributed by atoms with Gasteiger partial charge in [-0.1, -0.05) is 18.2 Å². The smallest absolute Gasteiger partial charge is 0.422 e. The minimum Gasteiger partial charge on any atom is -0.495 e. The monoisotopic (exact) mass is 565 g/mol. The maximum Gasteiger partial charge on any atom is 0.422 e. The van der Waals surface area contributed by atoms with Gasteiger partial charge in [-0.05, 0) is 24.1 Å².